The van der Waals surface area contributed by atoms with Crippen molar-refractivity contribution in [2.24, 2.45) is 0 Å². The zero-order chi connectivity index (χ0) is 10.4. The Morgan fingerprint density at radius 3 is 2.29 bits per heavy atom. The number of hydrogen-bond acceptors (Lipinski definition) is 3. The minimum absolute atomic E-state index is 0.0459. The second-order valence-corrected chi connectivity index (χ2v) is 5.17. The highest BCUT2D eigenvalue weighted by molar-refractivity contribution is 7.91. The molecule has 0 aromatic heterocycles. The first kappa shape index (κ1) is 11.2. The van der Waals surface area contributed by atoms with Gasteiger partial charge in [0.2, 0.25) is 0 Å². The number of aliphatic hydroxyl groups excluding tert-OH is 1. The molecule has 0 amide bonds. The Labute approximate surface area is 84.3 Å². The van der Waals surface area contributed by atoms with Crippen molar-refractivity contribution in [3.05, 3.63) is 30.3 Å². The van der Waals surface area contributed by atoms with Crippen LogP contribution in [-0.4, -0.2) is 25.9 Å². The van der Waals surface area contributed by atoms with Crippen LogP contribution >= 0.6 is 0 Å². The maximum atomic E-state index is 11.6. The van der Waals surface area contributed by atoms with Gasteiger partial charge in [-0.15, -0.1) is 0 Å². The molecule has 14 heavy (non-hydrogen) atoms. The average molecular weight is 214 g/mol. The molecule has 1 aromatic carbocycles. The van der Waals surface area contributed by atoms with E-state index >= 15 is 0 Å². The lowest BCUT2D eigenvalue weighted by atomic mass is 10.4. The summed E-state index contributed by atoms with van der Waals surface area (Å²) in [4.78, 5) is 0.359. The van der Waals surface area contributed by atoms with Gasteiger partial charge in [0.25, 0.3) is 0 Å². The predicted molar refractivity (Wildman–Crippen MR) is 54.8 cm³/mol. The molecule has 0 atom stereocenters. The van der Waals surface area contributed by atoms with E-state index in [9.17, 15) is 8.42 Å². The van der Waals surface area contributed by atoms with E-state index in [0.29, 0.717) is 17.7 Å². The van der Waals surface area contributed by atoms with Crippen molar-refractivity contribution in [3.8, 4) is 0 Å². The second kappa shape index (κ2) is 5.12. The van der Waals surface area contributed by atoms with Crippen LogP contribution in [0.4, 0.5) is 0 Å². The van der Waals surface area contributed by atoms with E-state index < -0.39 is 9.84 Å². The number of unbranched alkanes of at least 4 members (excludes halogenated alkanes) is 1. The van der Waals surface area contributed by atoms with E-state index in [0.717, 1.165) is 0 Å². The second-order valence-electron chi connectivity index (χ2n) is 3.06. The molecule has 0 aliphatic heterocycles. The summed E-state index contributed by atoms with van der Waals surface area (Å²) in [6.07, 6.45) is 1.04. The molecular weight excluding hydrogens is 200 g/mol. The molecule has 1 N–H and O–H groups in total. The van der Waals surface area contributed by atoms with Crippen LogP contribution in [0.15, 0.2) is 35.2 Å². The van der Waals surface area contributed by atoms with Crippen molar-refractivity contribution in [2.75, 3.05) is 12.4 Å². The molecule has 0 spiro atoms. The highest BCUT2D eigenvalue weighted by atomic mass is 32.2. The molecule has 0 heterocycles. The number of benzene rings is 1. The predicted octanol–water partition coefficient (Wildman–Crippen LogP) is 1.23. The number of rotatable bonds is 5. The quantitative estimate of drug-likeness (QED) is 0.750. The largest absolute Gasteiger partial charge is 0.396 e. The van der Waals surface area contributed by atoms with Crippen LogP contribution in [0.1, 0.15) is 12.8 Å². The summed E-state index contributed by atoms with van der Waals surface area (Å²) < 4.78 is 23.3. The van der Waals surface area contributed by atoms with Crippen LogP contribution in [-0.2, 0) is 9.84 Å². The van der Waals surface area contributed by atoms with Crippen molar-refractivity contribution in [3.63, 3.8) is 0 Å². The summed E-state index contributed by atoms with van der Waals surface area (Å²) in [5.74, 6) is 0.109. The van der Waals surface area contributed by atoms with E-state index in [1.807, 2.05) is 0 Å². The SMILES string of the molecule is O=S(=O)(CCCCO)c1ccccc1. The Bertz CT molecular complexity index is 356. The molecule has 0 radical (unpaired) electrons. The van der Waals surface area contributed by atoms with E-state index in [1.165, 1.54) is 0 Å². The van der Waals surface area contributed by atoms with E-state index in [4.69, 9.17) is 5.11 Å². The first-order chi connectivity index (χ1) is 6.67. The lowest BCUT2D eigenvalue weighted by Gasteiger charge is -2.02. The summed E-state index contributed by atoms with van der Waals surface area (Å²) in [5, 5.41) is 8.54. The minimum atomic E-state index is -3.14. The fourth-order valence-corrected chi connectivity index (χ4v) is 2.54. The third-order valence-electron chi connectivity index (χ3n) is 1.92. The molecule has 0 bridgehead atoms. The zero-order valence-electron chi connectivity index (χ0n) is 7.89. The normalized spacial score (nSPS) is 11.5. The van der Waals surface area contributed by atoms with Gasteiger partial charge in [0, 0.05) is 6.61 Å². The summed E-state index contributed by atoms with van der Waals surface area (Å²) in [6.45, 7) is 0.0459. The molecule has 0 fully saturated rings. The zero-order valence-corrected chi connectivity index (χ0v) is 8.70. The van der Waals surface area contributed by atoms with Gasteiger partial charge < -0.3 is 5.11 Å². The third kappa shape index (κ3) is 3.12. The molecule has 0 unspecified atom stereocenters. The van der Waals surface area contributed by atoms with Crippen LogP contribution in [0.5, 0.6) is 0 Å². The standard InChI is InChI=1S/C10H14O3S/c11-8-4-5-9-14(12,13)10-6-2-1-3-7-10/h1-3,6-7,11H,4-5,8-9H2. The lowest BCUT2D eigenvalue weighted by Crippen LogP contribution is -2.07. The molecule has 78 valence electrons. The number of aliphatic hydroxyl groups is 1. The fourth-order valence-electron chi connectivity index (χ4n) is 1.15. The molecule has 0 saturated heterocycles. The highest BCUT2D eigenvalue weighted by Gasteiger charge is 2.12. The molecule has 0 aliphatic rings. The lowest BCUT2D eigenvalue weighted by molar-refractivity contribution is 0.287. The summed E-state index contributed by atoms with van der Waals surface area (Å²) >= 11 is 0. The summed E-state index contributed by atoms with van der Waals surface area (Å²) in [5.41, 5.74) is 0. The maximum absolute atomic E-state index is 11.6. The van der Waals surface area contributed by atoms with Gasteiger partial charge in [-0.2, -0.15) is 0 Å². The van der Waals surface area contributed by atoms with Gasteiger partial charge in [-0.05, 0) is 25.0 Å². The Morgan fingerprint density at radius 1 is 1.07 bits per heavy atom. The van der Waals surface area contributed by atoms with Crippen LogP contribution in [0.2, 0.25) is 0 Å². The van der Waals surface area contributed by atoms with Crippen LogP contribution in [0.3, 0.4) is 0 Å². The molecule has 3 nitrogen and oxygen atoms in total. The first-order valence-corrected chi connectivity index (χ1v) is 6.21. The topological polar surface area (TPSA) is 54.4 Å². The van der Waals surface area contributed by atoms with Gasteiger partial charge in [-0.25, -0.2) is 8.42 Å². The Hall–Kier alpha value is -0.870. The molecule has 1 aromatic rings. The summed E-state index contributed by atoms with van der Waals surface area (Å²) in [7, 11) is -3.14. The molecule has 0 aliphatic carbocycles. The Morgan fingerprint density at radius 2 is 1.71 bits per heavy atom. The smallest absolute Gasteiger partial charge is 0.178 e. The van der Waals surface area contributed by atoms with Crippen LogP contribution < -0.4 is 0 Å². The third-order valence-corrected chi connectivity index (χ3v) is 3.74. The first-order valence-electron chi connectivity index (χ1n) is 4.55. The maximum Gasteiger partial charge on any atom is 0.178 e. The number of hydrogen-bond donors (Lipinski definition) is 1. The van der Waals surface area contributed by atoms with Crippen molar-refractivity contribution < 1.29 is 13.5 Å². The summed E-state index contributed by atoms with van der Waals surface area (Å²) in [6, 6.07) is 8.38. The van der Waals surface area contributed by atoms with Crippen molar-refractivity contribution in [1.82, 2.24) is 0 Å². The van der Waals surface area contributed by atoms with Crippen molar-refractivity contribution in [1.29, 1.82) is 0 Å². The molecule has 0 saturated carbocycles. The van der Waals surface area contributed by atoms with Crippen molar-refractivity contribution in [2.45, 2.75) is 17.7 Å². The molecule has 4 heteroatoms. The molecule has 1 rings (SSSR count). The Balaban J connectivity index is 2.67. The monoisotopic (exact) mass is 214 g/mol. The minimum Gasteiger partial charge on any atom is -0.396 e. The van der Waals surface area contributed by atoms with Crippen molar-refractivity contribution >= 4 is 9.84 Å². The van der Waals surface area contributed by atoms with Crippen LogP contribution in [0.25, 0.3) is 0 Å². The highest BCUT2D eigenvalue weighted by Crippen LogP contribution is 2.11. The average Bonchev–Trinajstić information content (AvgIpc) is 2.19. The van der Waals surface area contributed by atoms with Gasteiger partial charge >= 0.3 is 0 Å². The van der Waals surface area contributed by atoms with Crippen LogP contribution in [0, 0.1) is 0 Å². The van der Waals surface area contributed by atoms with Gasteiger partial charge in [-0.3, -0.25) is 0 Å². The number of sulfone groups is 1. The molecular formula is C10H14O3S. The van der Waals surface area contributed by atoms with E-state index in [2.05, 4.69) is 0 Å². The van der Waals surface area contributed by atoms with Gasteiger partial charge in [0.1, 0.15) is 0 Å². The van der Waals surface area contributed by atoms with E-state index in [-0.39, 0.29) is 12.4 Å². The van der Waals surface area contributed by atoms with Gasteiger partial charge in [-0.1, -0.05) is 18.2 Å². The van der Waals surface area contributed by atoms with E-state index in [1.54, 1.807) is 30.3 Å². The van der Waals surface area contributed by atoms with Gasteiger partial charge in [0.05, 0.1) is 10.6 Å². The Kier molecular flexibility index (Phi) is 4.10. The fraction of sp³-hybridized carbons (Fsp3) is 0.400. The van der Waals surface area contributed by atoms with Gasteiger partial charge in [0.15, 0.2) is 9.84 Å².